The highest BCUT2D eigenvalue weighted by Crippen LogP contribution is 2.27. The molecule has 0 radical (unpaired) electrons. The van der Waals surface area contributed by atoms with E-state index in [0.29, 0.717) is 10.2 Å². The van der Waals surface area contributed by atoms with Crippen LogP contribution in [0.5, 0.6) is 0 Å². The first-order valence-corrected chi connectivity index (χ1v) is 18.0. The number of carbonyl (C=O) groups excluding carboxylic acids is 3. The molecule has 0 aliphatic heterocycles. The molecule has 0 atom stereocenters. The fraction of sp³-hybridized carbons (Fsp3) is 0.206. The molecule has 2 N–H and O–H groups in total. The lowest BCUT2D eigenvalue weighted by atomic mass is 10.0. The van der Waals surface area contributed by atoms with Crippen LogP contribution in [0.2, 0.25) is 0 Å². The molecule has 3 aromatic heterocycles. The molecule has 0 saturated heterocycles. The summed E-state index contributed by atoms with van der Waals surface area (Å²) in [5, 5.41) is 2.63. The zero-order chi connectivity index (χ0) is 35.8. The average molecular weight is 729 g/mol. The smallest absolute Gasteiger partial charge is 0.413 e. The standard InChI is InChI=1S/C34H32N8O7S2/c1-2-48-28(44)20-41(18-17-38-51(46,47)34-39-25-15-9-10-16-26(25)50-34)27(43)19-42-22-37-29-31(35-21-36-32(29)42)40-33(45)49-30(23-11-5-3-6-12-23)24-13-7-4-8-14-24/h3-16,21-22,30,38H,2,17-20H2,1H3,(H,35,36,40,45). The van der Waals surface area contributed by atoms with Crippen LogP contribution >= 0.6 is 11.3 Å². The van der Waals surface area contributed by atoms with Gasteiger partial charge in [0.2, 0.25) is 10.2 Å². The van der Waals surface area contributed by atoms with Crippen molar-refractivity contribution in [1.82, 2.24) is 34.1 Å². The summed E-state index contributed by atoms with van der Waals surface area (Å²) in [6, 6.07) is 25.6. The summed E-state index contributed by atoms with van der Waals surface area (Å²) in [5.74, 6) is -1.14. The van der Waals surface area contributed by atoms with Crippen molar-refractivity contribution in [3.63, 3.8) is 0 Å². The number of hydrogen-bond acceptors (Lipinski definition) is 12. The van der Waals surface area contributed by atoms with Crippen molar-refractivity contribution in [1.29, 1.82) is 0 Å². The van der Waals surface area contributed by atoms with Gasteiger partial charge in [-0.2, -0.15) is 0 Å². The van der Waals surface area contributed by atoms with E-state index in [1.165, 1.54) is 22.1 Å². The molecule has 262 valence electrons. The second-order valence-electron chi connectivity index (χ2n) is 11.0. The minimum Gasteiger partial charge on any atom is -0.465 e. The van der Waals surface area contributed by atoms with Gasteiger partial charge in [0.15, 0.2) is 23.1 Å². The molecule has 51 heavy (non-hydrogen) atoms. The number of aromatic nitrogens is 5. The molecule has 0 unspecified atom stereocenters. The Morgan fingerprint density at radius 3 is 2.29 bits per heavy atom. The third-order valence-electron chi connectivity index (χ3n) is 7.51. The highest BCUT2D eigenvalue weighted by Gasteiger charge is 2.24. The predicted molar refractivity (Wildman–Crippen MR) is 188 cm³/mol. The number of sulfonamides is 1. The zero-order valence-corrected chi connectivity index (χ0v) is 28.8. The molecule has 3 aromatic carbocycles. The summed E-state index contributed by atoms with van der Waals surface area (Å²) in [4.78, 5) is 57.2. The largest absolute Gasteiger partial charge is 0.465 e. The number of amides is 2. The van der Waals surface area contributed by atoms with Crippen LogP contribution in [0.15, 0.2) is 102 Å². The maximum atomic E-state index is 13.5. The number of anilines is 1. The maximum absolute atomic E-state index is 13.5. The van der Waals surface area contributed by atoms with Gasteiger partial charge in [-0.15, -0.1) is 11.3 Å². The van der Waals surface area contributed by atoms with E-state index in [1.54, 1.807) is 31.2 Å². The van der Waals surface area contributed by atoms with Gasteiger partial charge in [-0.1, -0.05) is 72.8 Å². The summed E-state index contributed by atoms with van der Waals surface area (Å²) < 4.78 is 41.3. The van der Waals surface area contributed by atoms with Crippen LogP contribution in [-0.2, 0) is 35.6 Å². The Balaban J connectivity index is 1.14. The number of ether oxygens (including phenoxy) is 2. The van der Waals surface area contributed by atoms with E-state index in [2.05, 4.69) is 30.0 Å². The fourth-order valence-corrected chi connectivity index (χ4v) is 7.43. The number of rotatable bonds is 14. The predicted octanol–water partition coefficient (Wildman–Crippen LogP) is 4.14. The number of nitrogens with one attached hydrogen (secondary N) is 2. The highest BCUT2D eigenvalue weighted by molar-refractivity contribution is 7.91. The van der Waals surface area contributed by atoms with Crippen LogP contribution in [0.1, 0.15) is 24.2 Å². The van der Waals surface area contributed by atoms with Crippen molar-refractivity contribution in [2.24, 2.45) is 0 Å². The molecular weight excluding hydrogens is 697 g/mol. The number of hydrogen-bond donors (Lipinski definition) is 2. The first kappa shape index (κ1) is 35.1. The van der Waals surface area contributed by atoms with Crippen molar-refractivity contribution in [2.45, 2.75) is 23.9 Å². The molecule has 0 aliphatic rings. The molecule has 0 bridgehead atoms. The molecule has 3 heterocycles. The van der Waals surface area contributed by atoms with Gasteiger partial charge in [-0.05, 0) is 30.2 Å². The molecule has 0 spiro atoms. The van der Waals surface area contributed by atoms with Crippen LogP contribution in [0.4, 0.5) is 10.6 Å². The topological polar surface area (TPSA) is 188 Å². The molecule has 0 fully saturated rings. The van der Waals surface area contributed by atoms with Crippen LogP contribution in [0.25, 0.3) is 21.4 Å². The number of para-hydroxylation sites is 1. The summed E-state index contributed by atoms with van der Waals surface area (Å²) >= 11 is 1.02. The van der Waals surface area contributed by atoms with E-state index >= 15 is 0 Å². The number of nitrogens with zero attached hydrogens (tertiary/aromatic N) is 6. The number of thiazole rings is 1. The van der Waals surface area contributed by atoms with Gasteiger partial charge in [0, 0.05) is 13.1 Å². The third-order valence-corrected chi connectivity index (χ3v) is 10.4. The van der Waals surface area contributed by atoms with E-state index in [4.69, 9.17) is 9.47 Å². The van der Waals surface area contributed by atoms with Gasteiger partial charge in [0.25, 0.3) is 10.0 Å². The van der Waals surface area contributed by atoms with Gasteiger partial charge < -0.3 is 18.9 Å². The number of carbonyl (C=O) groups is 3. The zero-order valence-electron chi connectivity index (χ0n) is 27.2. The van der Waals surface area contributed by atoms with Crippen molar-refractivity contribution >= 4 is 66.5 Å². The number of esters is 1. The minimum absolute atomic E-state index is 0.0590. The van der Waals surface area contributed by atoms with Crippen molar-refractivity contribution in [3.8, 4) is 0 Å². The minimum atomic E-state index is -3.99. The van der Waals surface area contributed by atoms with Crippen LogP contribution in [0.3, 0.4) is 0 Å². The van der Waals surface area contributed by atoms with Crippen molar-refractivity contribution < 1.29 is 32.3 Å². The Kier molecular flexibility index (Phi) is 10.9. The first-order valence-electron chi connectivity index (χ1n) is 15.7. The first-order chi connectivity index (χ1) is 24.7. The lowest BCUT2D eigenvalue weighted by molar-refractivity contribution is -0.149. The Labute approximate surface area is 296 Å². The van der Waals surface area contributed by atoms with E-state index in [-0.39, 0.29) is 47.6 Å². The van der Waals surface area contributed by atoms with Gasteiger partial charge in [0.05, 0.1) is 23.2 Å². The molecule has 0 aliphatic carbocycles. The second kappa shape index (κ2) is 15.8. The number of fused-ring (bicyclic) bond motifs is 2. The number of imidazole rings is 1. The molecular formula is C34H32N8O7S2. The van der Waals surface area contributed by atoms with E-state index in [9.17, 15) is 22.8 Å². The van der Waals surface area contributed by atoms with Gasteiger partial charge >= 0.3 is 12.1 Å². The molecule has 17 heteroatoms. The SMILES string of the molecule is CCOC(=O)CN(CCNS(=O)(=O)c1nc2ccccc2s1)C(=O)Cn1cnc2c(NC(=O)OC(c3ccccc3)c3ccccc3)ncnc21. The van der Waals surface area contributed by atoms with Crippen molar-refractivity contribution in [3.05, 3.63) is 109 Å². The van der Waals surface area contributed by atoms with E-state index in [1.807, 2.05) is 60.7 Å². The summed E-state index contributed by atoms with van der Waals surface area (Å²) in [6.45, 7) is 0.666. The fourth-order valence-electron chi connectivity index (χ4n) is 5.15. The Bertz CT molecular complexity index is 2190. The lowest BCUT2D eigenvalue weighted by Gasteiger charge is -2.22. The van der Waals surface area contributed by atoms with Crippen LogP contribution in [-0.4, -0.2) is 82.0 Å². The molecule has 15 nitrogen and oxygen atoms in total. The third kappa shape index (κ3) is 8.51. The van der Waals surface area contributed by atoms with Gasteiger partial charge in [-0.3, -0.25) is 14.9 Å². The van der Waals surface area contributed by atoms with Gasteiger partial charge in [0.1, 0.15) is 19.4 Å². The normalized spacial score (nSPS) is 11.5. The Morgan fingerprint density at radius 1 is 0.922 bits per heavy atom. The second-order valence-corrected chi connectivity index (χ2v) is 13.9. The Morgan fingerprint density at radius 2 is 1.61 bits per heavy atom. The lowest BCUT2D eigenvalue weighted by Crippen LogP contribution is -2.43. The molecule has 0 saturated carbocycles. The average Bonchev–Trinajstić information content (AvgIpc) is 3.77. The molecule has 6 rings (SSSR count). The van der Waals surface area contributed by atoms with Crippen LogP contribution < -0.4 is 10.0 Å². The molecule has 6 aromatic rings. The van der Waals surface area contributed by atoms with Crippen molar-refractivity contribution in [2.75, 3.05) is 31.6 Å². The van der Waals surface area contributed by atoms with E-state index in [0.717, 1.165) is 22.5 Å². The molecule has 2 amide bonds. The monoisotopic (exact) mass is 728 g/mol. The Hall–Kier alpha value is -5.78. The van der Waals surface area contributed by atoms with Crippen LogP contribution in [0, 0.1) is 0 Å². The summed E-state index contributed by atoms with van der Waals surface area (Å²) in [7, 11) is -3.99. The highest BCUT2D eigenvalue weighted by atomic mass is 32.2. The number of benzene rings is 3. The summed E-state index contributed by atoms with van der Waals surface area (Å²) in [6.07, 6.45) is 1.07. The van der Waals surface area contributed by atoms with E-state index < -0.39 is 40.6 Å². The maximum Gasteiger partial charge on any atom is 0.413 e. The quantitative estimate of drug-likeness (QED) is 0.154. The van der Waals surface area contributed by atoms with Gasteiger partial charge in [-0.25, -0.2) is 37.9 Å². The summed E-state index contributed by atoms with van der Waals surface area (Å²) in [5.41, 5.74) is 2.51.